The van der Waals surface area contributed by atoms with E-state index in [9.17, 15) is 4.79 Å². The Balaban J connectivity index is 1.70. The zero-order valence-electron chi connectivity index (χ0n) is 10.6. The molecule has 19 heavy (non-hydrogen) atoms. The summed E-state index contributed by atoms with van der Waals surface area (Å²) in [4.78, 5) is 11.4. The van der Waals surface area contributed by atoms with Gasteiger partial charge in [0.1, 0.15) is 0 Å². The number of esters is 1. The van der Waals surface area contributed by atoms with Crippen LogP contribution in [-0.4, -0.2) is 25.3 Å². The molecule has 0 amide bonds. The van der Waals surface area contributed by atoms with E-state index in [1.54, 1.807) is 0 Å². The fourth-order valence-electron chi connectivity index (χ4n) is 2.29. The molecule has 3 rings (SSSR count). The third kappa shape index (κ3) is 2.85. The summed E-state index contributed by atoms with van der Waals surface area (Å²) in [5.41, 5.74) is 1.72. The molecule has 1 aromatic rings. The van der Waals surface area contributed by atoms with Crippen molar-refractivity contribution < 1.29 is 19.0 Å². The lowest BCUT2D eigenvalue weighted by Gasteiger charge is -2.29. The van der Waals surface area contributed by atoms with E-state index in [4.69, 9.17) is 14.2 Å². The van der Waals surface area contributed by atoms with Crippen molar-refractivity contribution in [2.75, 3.05) is 13.2 Å². The molecular formula is C15H16O4. The minimum Gasteiger partial charge on any atom is -0.462 e. The largest absolute Gasteiger partial charge is 0.462 e. The summed E-state index contributed by atoms with van der Waals surface area (Å²) in [6.45, 7) is 1.11. The molecule has 0 saturated carbocycles. The van der Waals surface area contributed by atoms with Crippen molar-refractivity contribution in [3.8, 4) is 0 Å². The Labute approximate surface area is 112 Å². The molecule has 0 aliphatic carbocycles. The molecule has 2 saturated heterocycles. The molecule has 4 nitrogen and oxygen atoms in total. The van der Waals surface area contributed by atoms with Gasteiger partial charge in [-0.2, -0.15) is 0 Å². The third-order valence-corrected chi connectivity index (χ3v) is 3.30. The van der Waals surface area contributed by atoms with Gasteiger partial charge in [-0.15, -0.1) is 0 Å². The molecule has 2 fully saturated rings. The smallest absolute Gasteiger partial charge is 0.333 e. The summed E-state index contributed by atoms with van der Waals surface area (Å²) >= 11 is 0. The Morgan fingerprint density at radius 2 is 2.00 bits per heavy atom. The molecule has 2 heterocycles. The summed E-state index contributed by atoms with van der Waals surface area (Å²) in [6.07, 6.45) is 2.89. The van der Waals surface area contributed by atoms with E-state index >= 15 is 0 Å². The lowest BCUT2D eigenvalue weighted by Crippen LogP contribution is -2.26. The molecular weight excluding hydrogens is 244 g/mol. The standard InChI is InChI=1S/C15H16O4/c16-14-12(6-8-17-14)10-13-7-9-18-15(19-13)11-4-2-1-3-5-11/h1-5,10,13,15H,6-9H2/b12-10-/t13-,15-/m1/s1. The first kappa shape index (κ1) is 12.4. The topological polar surface area (TPSA) is 44.8 Å². The van der Waals surface area contributed by atoms with Crippen LogP contribution >= 0.6 is 0 Å². The van der Waals surface area contributed by atoms with E-state index in [1.807, 2.05) is 36.4 Å². The second kappa shape index (κ2) is 5.55. The first-order valence-corrected chi connectivity index (χ1v) is 6.53. The predicted molar refractivity (Wildman–Crippen MR) is 68.3 cm³/mol. The number of ether oxygens (including phenoxy) is 3. The highest BCUT2D eigenvalue weighted by atomic mass is 16.7. The van der Waals surface area contributed by atoms with Gasteiger partial charge in [-0.1, -0.05) is 30.3 Å². The number of hydrogen-bond acceptors (Lipinski definition) is 4. The van der Waals surface area contributed by atoms with Gasteiger partial charge < -0.3 is 14.2 Å². The van der Waals surface area contributed by atoms with E-state index in [0.717, 1.165) is 17.6 Å². The highest BCUT2D eigenvalue weighted by Crippen LogP contribution is 2.28. The Bertz CT molecular complexity index is 480. The fraction of sp³-hybridized carbons (Fsp3) is 0.400. The summed E-state index contributed by atoms with van der Waals surface area (Å²) in [5, 5.41) is 0. The van der Waals surface area contributed by atoms with Gasteiger partial charge in [-0.25, -0.2) is 4.79 Å². The first-order valence-electron chi connectivity index (χ1n) is 6.53. The second-order valence-electron chi connectivity index (χ2n) is 4.65. The normalized spacial score (nSPS) is 29.5. The van der Waals surface area contributed by atoms with Crippen LogP contribution in [0.15, 0.2) is 42.0 Å². The Hall–Kier alpha value is -1.65. The minimum absolute atomic E-state index is 0.0837. The van der Waals surface area contributed by atoms with E-state index < -0.39 is 0 Å². The van der Waals surface area contributed by atoms with Crippen LogP contribution in [0, 0.1) is 0 Å². The second-order valence-corrected chi connectivity index (χ2v) is 4.65. The van der Waals surface area contributed by atoms with E-state index in [2.05, 4.69) is 0 Å². The molecule has 0 radical (unpaired) electrons. The molecule has 2 aliphatic rings. The van der Waals surface area contributed by atoms with Crippen LogP contribution in [0.25, 0.3) is 0 Å². The van der Waals surface area contributed by atoms with Crippen molar-refractivity contribution in [1.82, 2.24) is 0 Å². The summed E-state index contributed by atoms with van der Waals surface area (Å²) in [5.74, 6) is -0.216. The van der Waals surface area contributed by atoms with Gasteiger partial charge in [0.2, 0.25) is 0 Å². The first-order chi connectivity index (χ1) is 9.33. The minimum atomic E-state index is -0.353. The molecule has 2 atom stereocenters. The maximum atomic E-state index is 11.4. The molecule has 0 bridgehead atoms. The van der Waals surface area contributed by atoms with Crippen molar-refractivity contribution in [2.45, 2.75) is 25.2 Å². The van der Waals surface area contributed by atoms with Crippen molar-refractivity contribution in [2.24, 2.45) is 0 Å². The Morgan fingerprint density at radius 1 is 1.16 bits per heavy atom. The van der Waals surface area contributed by atoms with Crippen molar-refractivity contribution in [1.29, 1.82) is 0 Å². The zero-order chi connectivity index (χ0) is 13.1. The Morgan fingerprint density at radius 3 is 2.74 bits per heavy atom. The zero-order valence-corrected chi connectivity index (χ0v) is 10.6. The maximum Gasteiger partial charge on any atom is 0.333 e. The fourth-order valence-corrected chi connectivity index (χ4v) is 2.29. The molecule has 2 aliphatic heterocycles. The number of carbonyl (C=O) groups excluding carboxylic acids is 1. The van der Waals surface area contributed by atoms with Crippen LogP contribution in [0.2, 0.25) is 0 Å². The van der Waals surface area contributed by atoms with Crippen molar-refractivity contribution >= 4 is 5.97 Å². The summed E-state index contributed by atoms with van der Waals surface area (Å²) in [6, 6.07) is 9.82. The monoisotopic (exact) mass is 260 g/mol. The highest BCUT2D eigenvalue weighted by molar-refractivity contribution is 5.90. The van der Waals surface area contributed by atoms with Gasteiger partial charge in [0.15, 0.2) is 6.29 Å². The maximum absolute atomic E-state index is 11.4. The lowest BCUT2D eigenvalue weighted by molar-refractivity contribution is -0.205. The highest BCUT2D eigenvalue weighted by Gasteiger charge is 2.26. The average Bonchev–Trinajstić information content (AvgIpc) is 2.86. The Kier molecular flexibility index (Phi) is 3.62. The molecule has 4 heteroatoms. The van der Waals surface area contributed by atoms with Gasteiger partial charge in [0.05, 0.1) is 19.3 Å². The summed E-state index contributed by atoms with van der Waals surface area (Å²) < 4.78 is 16.4. The lowest BCUT2D eigenvalue weighted by atomic mass is 10.1. The van der Waals surface area contributed by atoms with Gasteiger partial charge in [-0.05, 0) is 6.08 Å². The number of carbonyl (C=O) groups is 1. The van der Waals surface area contributed by atoms with Crippen LogP contribution in [0.5, 0.6) is 0 Å². The van der Waals surface area contributed by atoms with E-state index in [-0.39, 0.29) is 18.4 Å². The predicted octanol–water partition coefficient (Wildman–Crippen LogP) is 2.36. The van der Waals surface area contributed by atoms with E-state index in [0.29, 0.717) is 19.6 Å². The van der Waals surface area contributed by atoms with Crippen LogP contribution in [0.4, 0.5) is 0 Å². The molecule has 100 valence electrons. The number of cyclic esters (lactones) is 1. The van der Waals surface area contributed by atoms with Crippen molar-refractivity contribution in [3.05, 3.63) is 47.5 Å². The quantitative estimate of drug-likeness (QED) is 0.605. The molecule has 1 aromatic carbocycles. The SMILES string of the molecule is O=C1OCC/C1=C/[C@H]1CCO[C@@H](c2ccccc2)O1. The number of hydrogen-bond donors (Lipinski definition) is 0. The molecule has 0 unspecified atom stereocenters. The third-order valence-electron chi connectivity index (χ3n) is 3.30. The number of benzene rings is 1. The van der Waals surface area contributed by atoms with Gasteiger partial charge in [0.25, 0.3) is 0 Å². The molecule has 0 aromatic heterocycles. The number of rotatable bonds is 2. The van der Waals surface area contributed by atoms with Crippen molar-refractivity contribution in [3.63, 3.8) is 0 Å². The summed E-state index contributed by atoms with van der Waals surface area (Å²) in [7, 11) is 0. The molecule has 0 spiro atoms. The van der Waals surface area contributed by atoms with Crippen LogP contribution in [-0.2, 0) is 19.0 Å². The van der Waals surface area contributed by atoms with Crippen LogP contribution in [0.3, 0.4) is 0 Å². The molecule has 0 N–H and O–H groups in total. The van der Waals surface area contributed by atoms with E-state index in [1.165, 1.54) is 0 Å². The average molecular weight is 260 g/mol. The van der Waals surface area contributed by atoms with Crippen LogP contribution < -0.4 is 0 Å². The van der Waals surface area contributed by atoms with Gasteiger partial charge >= 0.3 is 5.97 Å². The van der Waals surface area contributed by atoms with Gasteiger partial charge in [0, 0.05) is 24.0 Å². The van der Waals surface area contributed by atoms with Gasteiger partial charge in [-0.3, -0.25) is 0 Å². The van der Waals surface area contributed by atoms with Crippen LogP contribution in [0.1, 0.15) is 24.7 Å².